The summed E-state index contributed by atoms with van der Waals surface area (Å²) in [7, 11) is 0. The first-order valence-corrected chi connectivity index (χ1v) is 7.03. The predicted octanol–water partition coefficient (Wildman–Crippen LogP) is 5.02. The molecule has 1 heterocycles. The number of rotatable bonds is 3. The third kappa shape index (κ3) is 3.06. The Morgan fingerprint density at radius 3 is 2.69 bits per heavy atom. The summed E-state index contributed by atoms with van der Waals surface area (Å²) in [6.07, 6.45) is 0. The zero-order valence-electron chi connectivity index (χ0n) is 8.14. The van der Waals surface area contributed by atoms with Gasteiger partial charge in [-0.15, -0.1) is 11.3 Å². The molecule has 0 saturated heterocycles. The van der Waals surface area contributed by atoms with Crippen LogP contribution in [0.5, 0.6) is 0 Å². The molecule has 0 bridgehead atoms. The summed E-state index contributed by atoms with van der Waals surface area (Å²) in [5, 5.41) is 5.31. The van der Waals surface area contributed by atoms with Crippen molar-refractivity contribution >= 4 is 48.9 Å². The van der Waals surface area contributed by atoms with Gasteiger partial charge in [-0.3, -0.25) is 0 Å². The van der Waals surface area contributed by atoms with Gasteiger partial charge in [-0.25, -0.2) is 4.39 Å². The summed E-state index contributed by atoms with van der Waals surface area (Å²) in [5.41, 5.74) is 2.10. The van der Waals surface area contributed by atoms with Crippen LogP contribution in [0.15, 0.2) is 37.9 Å². The lowest BCUT2D eigenvalue weighted by Crippen LogP contribution is -1.98. The quantitative estimate of drug-likeness (QED) is 0.805. The highest BCUT2D eigenvalue weighted by molar-refractivity contribution is 9.11. The molecule has 0 spiro atoms. The second-order valence-corrected chi connectivity index (χ2v) is 6.39. The molecule has 84 valence electrons. The monoisotopic (exact) mass is 363 g/mol. The van der Waals surface area contributed by atoms with Crippen molar-refractivity contribution in [3.8, 4) is 0 Å². The van der Waals surface area contributed by atoms with Gasteiger partial charge in [-0.1, -0.05) is 0 Å². The van der Waals surface area contributed by atoms with Gasteiger partial charge in [0.2, 0.25) is 0 Å². The SMILES string of the molecule is Fc1ccc(NCc2csc(Br)c2)cc1Br. The number of anilines is 1. The Morgan fingerprint density at radius 1 is 1.25 bits per heavy atom. The molecule has 1 aromatic carbocycles. The lowest BCUT2D eigenvalue weighted by atomic mass is 10.3. The molecule has 0 fully saturated rings. The number of benzene rings is 1. The van der Waals surface area contributed by atoms with E-state index in [2.05, 4.69) is 48.6 Å². The second-order valence-electron chi connectivity index (χ2n) is 3.24. The van der Waals surface area contributed by atoms with Crippen LogP contribution >= 0.6 is 43.2 Å². The molecule has 5 heteroatoms. The minimum Gasteiger partial charge on any atom is -0.381 e. The zero-order chi connectivity index (χ0) is 11.5. The predicted molar refractivity (Wildman–Crippen MR) is 73.4 cm³/mol. The van der Waals surface area contributed by atoms with Crippen molar-refractivity contribution in [1.29, 1.82) is 0 Å². The van der Waals surface area contributed by atoms with Gasteiger partial charge in [-0.05, 0) is 67.1 Å². The van der Waals surface area contributed by atoms with Crippen molar-refractivity contribution in [3.05, 3.63) is 49.3 Å². The number of halogens is 3. The van der Waals surface area contributed by atoms with Gasteiger partial charge in [0.1, 0.15) is 5.82 Å². The summed E-state index contributed by atoms with van der Waals surface area (Å²) in [5.74, 6) is -0.246. The number of hydrogen-bond acceptors (Lipinski definition) is 2. The van der Waals surface area contributed by atoms with Crippen LogP contribution in [-0.4, -0.2) is 0 Å². The van der Waals surface area contributed by atoms with Gasteiger partial charge in [0.25, 0.3) is 0 Å². The highest BCUT2D eigenvalue weighted by atomic mass is 79.9. The highest BCUT2D eigenvalue weighted by Gasteiger charge is 2.01. The van der Waals surface area contributed by atoms with Crippen LogP contribution in [0.1, 0.15) is 5.56 Å². The molecule has 0 aliphatic rings. The van der Waals surface area contributed by atoms with Gasteiger partial charge in [0.15, 0.2) is 0 Å². The van der Waals surface area contributed by atoms with Crippen molar-refractivity contribution in [2.75, 3.05) is 5.32 Å². The average molecular weight is 365 g/mol. The van der Waals surface area contributed by atoms with Crippen LogP contribution in [0.4, 0.5) is 10.1 Å². The fourth-order valence-electron chi connectivity index (χ4n) is 1.25. The number of nitrogens with one attached hydrogen (secondary N) is 1. The van der Waals surface area contributed by atoms with E-state index < -0.39 is 0 Å². The largest absolute Gasteiger partial charge is 0.381 e. The van der Waals surface area contributed by atoms with Gasteiger partial charge < -0.3 is 5.32 Å². The molecule has 16 heavy (non-hydrogen) atoms. The minimum absolute atomic E-state index is 0.246. The first-order valence-electron chi connectivity index (χ1n) is 4.57. The summed E-state index contributed by atoms with van der Waals surface area (Å²) in [6.45, 7) is 0.736. The summed E-state index contributed by atoms with van der Waals surface area (Å²) >= 11 is 8.22. The van der Waals surface area contributed by atoms with Crippen LogP contribution in [0, 0.1) is 5.82 Å². The maximum Gasteiger partial charge on any atom is 0.137 e. The Morgan fingerprint density at radius 2 is 2.06 bits per heavy atom. The Labute approximate surface area is 114 Å². The van der Waals surface area contributed by atoms with Crippen LogP contribution in [-0.2, 0) is 6.54 Å². The standard InChI is InChI=1S/C11H8Br2FNS/c12-9-4-8(1-2-10(9)14)15-5-7-3-11(13)16-6-7/h1-4,6,15H,5H2. The van der Waals surface area contributed by atoms with Crippen molar-refractivity contribution < 1.29 is 4.39 Å². The molecule has 2 aromatic rings. The fourth-order valence-corrected chi connectivity index (χ4v) is 2.84. The van der Waals surface area contributed by atoms with E-state index in [0.717, 1.165) is 16.0 Å². The molecule has 1 N–H and O–H groups in total. The van der Waals surface area contributed by atoms with Crippen LogP contribution in [0.25, 0.3) is 0 Å². The van der Waals surface area contributed by atoms with Crippen molar-refractivity contribution in [3.63, 3.8) is 0 Å². The molecule has 2 rings (SSSR count). The van der Waals surface area contributed by atoms with E-state index >= 15 is 0 Å². The van der Waals surface area contributed by atoms with Crippen molar-refractivity contribution in [2.45, 2.75) is 6.54 Å². The van der Waals surface area contributed by atoms with Crippen LogP contribution in [0.2, 0.25) is 0 Å². The Balaban J connectivity index is 2.02. The van der Waals surface area contributed by atoms with Crippen LogP contribution < -0.4 is 5.32 Å². The fraction of sp³-hybridized carbons (Fsp3) is 0.0909. The molecule has 0 aliphatic carbocycles. The molecular weight excluding hydrogens is 357 g/mol. The summed E-state index contributed by atoms with van der Waals surface area (Å²) in [4.78, 5) is 0. The number of hydrogen-bond donors (Lipinski definition) is 1. The van der Waals surface area contributed by atoms with E-state index in [1.165, 1.54) is 11.6 Å². The Kier molecular flexibility index (Phi) is 4.00. The highest BCUT2D eigenvalue weighted by Crippen LogP contribution is 2.23. The van der Waals surface area contributed by atoms with Gasteiger partial charge in [0, 0.05) is 12.2 Å². The average Bonchev–Trinajstić information content (AvgIpc) is 2.66. The third-order valence-electron chi connectivity index (χ3n) is 2.04. The maximum absolute atomic E-state index is 13.0. The topological polar surface area (TPSA) is 12.0 Å². The lowest BCUT2D eigenvalue weighted by molar-refractivity contribution is 0.621. The summed E-state index contributed by atoms with van der Waals surface area (Å²) in [6, 6.07) is 6.96. The second kappa shape index (κ2) is 5.29. The first-order chi connectivity index (χ1) is 7.65. The van der Waals surface area contributed by atoms with E-state index in [4.69, 9.17) is 0 Å². The van der Waals surface area contributed by atoms with E-state index in [1.54, 1.807) is 23.5 Å². The van der Waals surface area contributed by atoms with E-state index in [9.17, 15) is 4.39 Å². The number of thiophene rings is 1. The van der Waals surface area contributed by atoms with Gasteiger partial charge in [0.05, 0.1) is 8.26 Å². The van der Waals surface area contributed by atoms with Gasteiger partial charge in [-0.2, -0.15) is 0 Å². The minimum atomic E-state index is -0.246. The van der Waals surface area contributed by atoms with Crippen molar-refractivity contribution in [2.24, 2.45) is 0 Å². The Bertz CT molecular complexity index is 498. The first kappa shape index (κ1) is 12.1. The Hall–Kier alpha value is -0.390. The van der Waals surface area contributed by atoms with E-state index in [-0.39, 0.29) is 5.82 Å². The molecule has 0 atom stereocenters. The van der Waals surface area contributed by atoms with Crippen molar-refractivity contribution in [1.82, 2.24) is 0 Å². The molecule has 0 aliphatic heterocycles. The maximum atomic E-state index is 13.0. The van der Waals surface area contributed by atoms with E-state index in [0.29, 0.717) is 4.47 Å². The van der Waals surface area contributed by atoms with Crippen LogP contribution in [0.3, 0.4) is 0 Å². The molecule has 1 nitrogen and oxygen atoms in total. The van der Waals surface area contributed by atoms with Gasteiger partial charge >= 0.3 is 0 Å². The molecule has 0 saturated carbocycles. The molecular formula is C11H8Br2FNS. The molecule has 0 unspecified atom stereocenters. The smallest absolute Gasteiger partial charge is 0.137 e. The molecule has 1 aromatic heterocycles. The van der Waals surface area contributed by atoms with E-state index in [1.807, 2.05) is 0 Å². The third-order valence-corrected chi connectivity index (χ3v) is 4.20. The molecule has 0 radical (unpaired) electrons. The lowest BCUT2D eigenvalue weighted by Gasteiger charge is -2.05. The normalized spacial score (nSPS) is 10.4. The zero-order valence-corrected chi connectivity index (χ0v) is 12.1. The molecule has 0 amide bonds. The summed E-state index contributed by atoms with van der Waals surface area (Å²) < 4.78 is 14.6.